The predicted octanol–water partition coefficient (Wildman–Crippen LogP) is 3.18. The van der Waals surface area contributed by atoms with Gasteiger partial charge < -0.3 is 10.3 Å². The lowest BCUT2D eigenvalue weighted by atomic mass is 10.1. The first kappa shape index (κ1) is 15.4. The molecule has 2 aromatic heterocycles. The maximum Gasteiger partial charge on any atom is 0.224 e. The normalized spacial score (nSPS) is 10.7. The molecule has 3 aromatic rings. The molecule has 118 valence electrons. The third-order valence-electron chi connectivity index (χ3n) is 3.45. The Balaban J connectivity index is 1.51. The van der Waals surface area contributed by atoms with Gasteiger partial charge in [0.25, 0.3) is 0 Å². The van der Waals surface area contributed by atoms with E-state index < -0.39 is 0 Å². The van der Waals surface area contributed by atoms with Crippen LogP contribution in [0.15, 0.2) is 48.1 Å². The Morgan fingerprint density at radius 1 is 1.26 bits per heavy atom. The quantitative estimate of drug-likeness (QED) is 0.730. The Hall–Kier alpha value is -2.47. The topological polar surface area (TPSA) is 57.8 Å². The van der Waals surface area contributed by atoms with Crippen molar-refractivity contribution in [3.8, 4) is 10.6 Å². The summed E-state index contributed by atoms with van der Waals surface area (Å²) in [5, 5.41) is 4.89. The SMILES string of the molecule is O=C(Cc1ccc(F)cc1)NCCc1[nH]cnc1-c1cccs1. The Morgan fingerprint density at radius 3 is 2.83 bits per heavy atom. The van der Waals surface area contributed by atoms with Crippen LogP contribution in [0.4, 0.5) is 4.39 Å². The molecular formula is C17H16FN3OS. The Bertz CT molecular complexity index is 766. The number of aromatic nitrogens is 2. The zero-order valence-corrected chi connectivity index (χ0v) is 13.2. The number of nitrogens with zero attached hydrogens (tertiary/aromatic N) is 1. The van der Waals surface area contributed by atoms with E-state index in [4.69, 9.17) is 0 Å². The number of hydrogen-bond acceptors (Lipinski definition) is 3. The molecule has 23 heavy (non-hydrogen) atoms. The van der Waals surface area contributed by atoms with E-state index in [1.165, 1.54) is 12.1 Å². The van der Waals surface area contributed by atoms with Crippen molar-refractivity contribution in [2.75, 3.05) is 6.54 Å². The van der Waals surface area contributed by atoms with Crippen molar-refractivity contribution in [3.05, 3.63) is 65.2 Å². The van der Waals surface area contributed by atoms with Crippen LogP contribution < -0.4 is 5.32 Å². The van der Waals surface area contributed by atoms with Crippen molar-refractivity contribution < 1.29 is 9.18 Å². The fourth-order valence-electron chi connectivity index (χ4n) is 2.31. The van der Waals surface area contributed by atoms with Gasteiger partial charge in [0.05, 0.1) is 17.6 Å². The van der Waals surface area contributed by atoms with Crippen molar-refractivity contribution in [2.45, 2.75) is 12.8 Å². The Labute approximate surface area is 137 Å². The van der Waals surface area contributed by atoms with E-state index >= 15 is 0 Å². The van der Waals surface area contributed by atoms with Gasteiger partial charge in [0.1, 0.15) is 11.5 Å². The van der Waals surface area contributed by atoms with Gasteiger partial charge in [-0.1, -0.05) is 18.2 Å². The molecule has 1 aromatic carbocycles. The summed E-state index contributed by atoms with van der Waals surface area (Å²) in [5.41, 5.74) is 2.74. The van der Waals surface area contributed by atoms with E-state index in [0.717, 1.165) is 21.8 Å². The number of carbonyl (C=O) groups is 1. The number of imidazole rings is 1. The predicted molar refractivity (Wildman–Crippen MR) is 88.7 cm³/mol. The van der Waals surface area contributed by atoms with E-state index in [1.54, 1.807) is 29.8 Å². The Morgan fingerprint density at radius 2 is 2.09 bits per heavy atom. The van der Waals surface area contributed by atoms with Crippen molar-refractivity contribution >= 4 is 17.2 Å². The molecule has 0 bridgehead atoms. The van der Waals surface area contributed by atoms with Gasteiger partial charge in [-0.05, 0) is 29.1 Å². The molecule has 0 unspecified atom stereocenters. The fourth-order valence-corrected chi connectivity index (χ4v) is 3.06. The van der Waals surface area contributed by atoms with E-state index in [1.807, 2.05) is 17.5 Å². The molecule has 3 rings (SSSR count). The number of benzene rings is 1. The summed E-state index contributed by atoms with van der Waals surface area (Å²) < 4.78 is 12.8. The maximum absolute atomic E-state index is 12.8. The standard InChI is InChI=1S/C17H16FN3OS/c18-13-5-3-12(4-6-13)10-16(22)19-8-7-14-17(21-11-20-14)15-2-1-9-23-15/h1-6,9,11H,7-8,10H2,(H,19,22)(H,20,21). The summed E-state index contributed by atoms with van der Waals surface area (Å²) >= 11 is 1.64. The monoisotopic (exact) mass is 329 g/mol. The number of hydrogen-bond donors (Lipinski definition) is 2. The first-order valence-corrected chi connectivity index (χ1v) is 8.17. The van der Waals surface area contributed by atoms with Crippen molar-refractivity contribution in [1.82, 2.24) is 15.3 Å². The second kappa shape index (κ2) is 7.19. The third kappa shape index (κ3) is 4.04. The van der Waals surface area contributed by atoms with E-state index in [0.29, 0.717) is 13.0 Å². The van der Waals surface area contributed by atoms with Gasteiger partial charge in [0.15, 0.2) is 0 Å². The number of halogens is 1. The lowest BCUT2D eigenvalue weighted by Gasteiger charge is -2.05. The smallest absolute Gasteiger partial charge is 0.224 e. The fraction of sp³-hybridized carbons (Fsp3) is 0.176. The summed E-state index contributed by atoms with van der Waals surface area (Å²) in [6.45, 7) is 0.528. The summed E-state index contributed by atoms with van der Waals surface area (Å²) in [6.07, 6.45) is 2.61. The minimum absolute atomic E-state index is 0.0752. The first-order chi connectivity index (χ1) is 11.2. The molecule has 2 N–H and O–H groups in total. The number of thiophene rings is 1. The Kier molecular flexibility index (Phi) is 4.83. The molecule has 0 aliphatic heterocycles. The number of aromatic amines is 1. The van der Waals surface area contributed by atoms with E-state index in [-0.39, 0.29) is 18.1 Å². The van der Waals surface area contributed by atoms with E-state index in [9.17, 15) is 9.18 Å². The molecule has 1 amide bonds. The molecule has 2 heterocycles. The molecule has 0 fully saturated rings. The van der Waals surface area contributed by atoms with Crippen molar-refractivity contribution in [2.24, 2.45) is 0 Å². The van der Waals surface area contributed by atoms with Gasteiger partial charge in [-0.25, -0.2) is 9.37 Å². The van der Waals surface area contributed by atoms with Crippen LogP contribution in [0.2, 0.25) is 0 Å². The van der Waals surface area contributed by atoms with Crippen LogP contribution in [0, 0.1) is 5.82 Å². The zero-order valence-electron chi connectivity index (χ0n) is 12.4. The average Bonchev–Trinajstić information content (AvgIpc) is 3.20. The van der Waals surface area contributed by atoms with Gasteiger partial charge in [0.2, 0.25) is 5.91 Å². The van der Waals surface area contributed by atoms with Crippen molar-refractivity contribution in [1.29, 1.82) is 0 Å². The number of H-pyrrole nitrogens is 1. The highest BCUT2D eigenvalue weighted by Crippen LogP contribution is 2.25. The molecule has 0 aliphatic carbocycles. The summed E-state index contributed by atoms with van der Waals surface area (Å²) in [4.78, 5) is 20.5. The van der Waals surface area contributed by atoms with Crippen LogP contribution in [0.3, 0.4) is 0 Å². The summed E-state index contributed by atoms with van der Waals surface area (Å²) in [6, 6.07) is 9.98. The largest absolute Gasteiger partial charge is 0.355 e. The van der Waals surface area contributed by atoms with Crippen LogP contribution in [0.5, 0.6) is 0 Å². The molecule has 0 saturated carbocycles. The van der Waals surface area contributed by atoms with Gasteiger partial charge in [-0.2, -0.15) is 0 Å². The zero-order chi connectivity index (χ0) is 16.1. The highest BCUT2D eigenvalue weighted by molar-refractivity contribution is 7.13. The lowest BCUT2D eigenvalue weighted by molar-refractivity contribution is -0.120. The third-order valence-corrected chi connectivity index (χ3v) is 4.32. The van der Waals surface area contributed by atoms with E-state index in [2.05, 4.69) is 15.3 Å². The lowest BCUT2D eigenvalue weighted by Crippen LogP contribution is -2.27. The molecule has 0 radical (unpaired) electrons. The van der Waals surface area contributed by atoms with Crippen LogP contribution >= 0.6 is 11.3 Å². The summed E-state index contributed by atoms with van der Waals surface area (Å²) in [7, 11) is 0. The first-order valence-electron chi connectivity index (χ1n) is 7.29. The highest BCUT2D eigenvalue weighted by atomic mass is 32.1. The second-order valence-electron chi connectivity index (χ2n) is 5.11. The van der Waals surface area contributed by atoms with Gasteiger partial charge in [0, 0.05) is 18.7 Å². The molecule has 0 spiro atoms. The van der Waals surface area contributed by atoms with Crippen LogP contribution in [-0.4, -0.2) is 22.4 Å². The minimum atomic E-state index is -0.297. The molecule has 0 aliphatic rings. The second-order valence-corrected chi connectivity index (χ2v) is 6.06. The number of rotatable bonds is 6. The molecule has 0 saturated heterocycles. The number of carbonyl (C=O) groups excluding carboxylic acids is 1. The van der Waals surface area contributed by atoms with Crippen molar-refractivity contribution in [3.63, 3.8) is 0 Å². The van der Waals surface area contributed by atoms with Crippen LogP contribution in [0.1, 0.15) is 11.3 Å². The number of amides is 1. The summed E-state index contributed by atoms with van der Waals surface area (Å²) in [5.74, 6) is -0.372. The number of nitrogens with one attached hydrogen (secondary N) is 2. The molecule has 6 heteroatoms. The van der Waals surface area contributed by atoms with Crippen LogP contribution in [0.25, 0.3) is 10.6 Å². The van der Waals surface area contributed by atoms with Gasteiger partial charge >= 0.3 is 0 Å². The van der Waals surface area contributed by atoms with Crippen LogP contribution in [-0.2, 0) is 17.6 Å². The highest BCUT2D eigenvalue weighted by Gasteiger charge is 2.10. The average molecular weight is 329 g/mol. The minimum Gasteiger partial charge on any atom is -0.355 e. The maximum atomic E-state index is 12.8. The van der Waals surface area contributed by atoms with Gasteiger partial charge in [-0.3, -0.25) is 4.79 Å². The molecular weight excluding hydrogens is 313 g/mol. The van der Waals surface area contributed by atoms with Gasteiger partial charge in [-0.15, -0.1) is 11.3 Å². The molecule has 4 nitrogen and oxygen atoms in total. The molecule has 0 atom stereocenters.